The number of nitrogens with zero attached hydrogens (tertiary/aromatic N) is 2. The average molecular weight is 353 g/mol. The molecule has 1 aliphatic rings. The zero-order valence-corrected chi connectivity index (χ0v) is 15.2. The predicted molar refractivity (Wildman–Crippen MR) is 96.1 cm³/mol. The molecule has 1 aromatic rings. The number of amidine groups is 1. The van der Waals surface area contributed by atoms with Crippen molar-refractivity contribution in [3.63, 3.8) is 0 Å². The van der Waals surface area contributed by atoms with Gasteiger partial charge in [0, 0.05) is 19.6 Å². The maximum absolute atomic E-state index is 6.16. The van der Waals surface area contributed by atoms with Gasteiger partial charge in [-0.1, -0.05) is 26.7 Å². The van der Waals surface area contributed by atoms with Crippen molar-refractivity contribution in [1.29, 1.82) is 0 Å². The van der Waals surface area contributed by atoms with Crippen LogP contribution in [0.2, 0.25) is 0 Å². The lowest BCUT2D eigenvalue weighted by atomic mass is 10.1. The maximum Gasteiger partial charge on any atom is 0.186 e. The number of aromatic nitrogens is 2. The van der Waals surface area contributed by atoms with Gasteiger partial charge >= 0.3 is 0 Å². The van der Waals surface area contributed by atoms with Crippen molar-refractivity contribution >= 4 is 5.84 Å². The van der Waals surface area contributed by atoms with E-state index in [1.807, 2.05) is 0 Å². The number of hydrazone groups is 1. The molecule has 142 valence electrons. The lowest BCUT2D eigenvalue weighted by Crippen LogP contribution is -2.29. The largest absolute Gasteiger partial charge is 0.379 e. The monoisotopic (exact) mass is 353 g/mol. The third-order valence-electron chi connectivity index (χ3n) is 4.28. The molecule has 2 heterocycles. The Morgan fingerprint density at radius 2 is 2.12 bits per heavy atom. The number of rotatable bonds is 11. The number of H-pyrrole nitrogens is 1. The number of hydrogen-bond donors (Lipinski definition) is 3. The molecule has 25 heavy (non-hydrogen) atoms. The van der Waals surface area contributed by atoms with E-state index < -0.39 is 0 Å². The average Bonchev–Trinajstić information content (AvgIpc) is 3.25. The fraction of sp³-hybridized carbons (Fsp3) is 0.765. The van der Waals surface area contributed by atoms with Crippen LogP contribution < -0.4 is 11.6 Å². The standard InChI is InChI=1S/C17H31N5O3/c1-3-5-7-23-11-15-14(24-8-6-4-2)9-13(25-15)12-10-20-17(21-12)16(18)22-19/h10,13-15H,3-9,11,19H2,1-2H3,(H2,18,22)(H,20,21)/t13-,14+,15-/m1/s1. The summed E-state index contributed by atoms with van der Waals surface area (Å²) in [5.74, 6) is 5.81. The summed E-state index contributed by atoms with van der Waals surface area (Å²) in [6.07, 6.45) is 6.60. The molecule has 5 N–H and O–H groups in total. The summed E-state index contributed by atoms with van der Waals surface area (Å²) >= 11 is 0. The molecule has 1 saturated heterocycles. The first-order valence-electron chi connectivity index (χ1n) is 9.13. The predicted octanol–water partition coefficient (Wildman–Crippen LogP) is 1.82. The van der Waals surface area contributed by atoms with Crippen LogP contribution in [0.4, 0.5) is 0 Å². The third-order valence-corrected chi connectivity index (χ3v) is 4.28. The summed E-state index contributed by atoms with van der Waals surface area (Å²) in [4.78, 5) is 7.32. The lowest BCUT2D eigenvalue weighted by Gasteiger charge is -2.19. The second-order valence-corrected chi connectivity index (χ2v) is 6.29. The second kappa shape index (κ2) is 10.4. The Morgan fingerprint density at radius 3 is 2.84 bits per heavy atom. The van der Waals surface area contributed by atoms with Crippen LogP contribution in [0.1, 0.15) is 63.6 Å². The van der Waals surface area contributed by atoms with Crippen LogP contribution in [0.15, 0.2) is 11.3 Å². The van der Waals surface area contributed by atoms with Gasteiger partial charge in [0.15, 0.2) is 11.7 Å². The Hall–Kier alpha value is -1.64. The molecule has 8 heteroatoms. The van der Waals surface area contributed by atoms with Crippen molar-refractivity contribution < 1.29 is 14.2 Å². The Bertz CT molecular complexity index is 534. The first-order chi connectivity index (χ1) is 12.2. The van der Waals surface area contributed by atoms with Crippen LogP contribution in [-0.2, 0) is 14.2 Å². The van der Waals surface area contributed by atoms with Crippen LogP contribution in [0.5, 0.6) is 0 Å². The fourth-order valence-corrected chi connectivity index (χ4v) is 2.75. The SMILES string of the molecule is CCCCOC[C@H]1O[C@@H](c2cnc(/C(N)=N\N)[nH]2)C[C@@H]1OCCCC. The molecule has 1 fully saturated rings. The molecule has 0 aromatic carbocycles. The molecule has 0 aliphatic carbocycles. The van der Waals surface area contributed by atoms with Gasteiger partial charge in [0.2, 0.25) is 0 Å². The lowest BCUT2D eigenvalue weighted by molar-refractivity contribution is -0.0655. The Balaban J connectivity index is 1.96. The summed E-state index contributed by atoms with van der Waals surface area (Å²) in [5, 5.41) is 3.45. The van der Waals surface area contributed by atoms with Crippen molar-refractivity contribution in [2.75, 3.05) is 19.8 Å². The van der Waals surface area contributed by atoms with E-state index in [9.17, 15) is 0 Å². The van der Waals surface area contributed by atoms with Gasteiger partial charge in [-0.05, 0) is 12.8 Å². The topological polar surface area (TPSA) is 121 Å². The Morgan fingerprint density at radius 1 is 1.36 bits per heavy atom. The molecule has 8 nitrogen and oxygen atoms in total. The van der Waals surface area contributed by atoms with E-state index in [0.29, 0.717) is 12.4 Å². The summed E-state index contributed by atoms with van der Waals surface area (Å²) in [6.45, 7) is 6.33. The third kappa shape index (κ3) is 5.69. The minimum atomic E-state index is -0.127. The first-order valence-corrected chi connectivity index (χ1v) is 9.13. The molecular weight excluding hydrogens is 322 g/mol. The van der Waals surface area contributed by atoms with E-state index >= 15 is 0 Å². The smallest absolute Gasteiger partial charge is 0.186 e. The van der Waals surface area contributed by atoms with Crippen molar-refractivity contribution in [2.24, 2.45) is 16.7 Å². The Labute approximate surface area is 149 Å². The first kappa shape index (κ1) is 19.7. The zero-order chi connectivity index (χ0) is 18.1. The second-order valence-electron chi connectivity index (χ2n) is 6.29. The molecule has 0 radical (unpaired) electrons. The van der Waals surface area contributed by atoms with Gasteiger partial charge in [-0.25, -0.2) is 4.98 Å². The molecule has 0 saturated carbocycles. The normalized spacial score (nSPS) is 24.1. The molecule has 0 unspecified atom stereocenters. The Kier molecular flexibility index (Phi) is 8.17. The molecule has 0 spiro atoms. The van der Waals surface area contributed by atoms with Gasteiger partial charge < -0.3 is 30.8 Å². The van der Waals surface area contributed by atoms with Gasteiger partial charge in [0.1, 0.15) is 12.2 Å². The fourth-order valence-electron chi connectivity index (χ4n) is 2.75. The van der Waals surface area contributed by atoms with Gasteiger partial charge in [0.05, 0.1) is 24.6 Å². The number of aromatic amines is 1. The number of ether oxygens (including phenoxy) is 3. The molecule has 0 amide bonds. The maximum atomic E-state index is 6.16. The van der Waals surface area contributed by atoms with E-state index in [4.69, 9.17) is 25.8 Å². The van der Waals surface area contributed by atoms with Gasteiger partial charge in [0.25, 0.3) is 0 Å². The van der Waals surface area contributed by atoms with Crippen LogP contribution in [0, 0.1) is 0 Å². The summed E-state index contributed by atoms with van der Waals surface area (Å²) in [6, 6.07) is 0. The molecule has 2 rings (SSSR count). The quantitative estimate of drug-likeness (QED) is 0.183. The molecule has 3 atom stereocenters. The number of unbranched alkanes of at least 4 members (excludes halogenated alkanes) is 2. The summed E-state index contributed by atoms with van der Waals surface area (Å²) in [7, 11) is 0. The van der Waals surface area contributed by atoms with E-state index in [-0.39, 0.29) is 24.1 Å². The van der Waals surface area contributed by atoms with Crippen molar-refractivity contribution in [3.05, 3.63) is 17.7 Å². The number of hydrogen-bond acceptors (Lipinski definition) is 6. The highest BCUT2D eigenvalue weighted by atomic mass is 16.6. The van der Waals surface area contributed by atoms with Crippen molar-refractivity contribution in [3.8, 4) is 0 Å². The van der Waals surface area contributed by atoms with Gasteiger partial charge in [-0.2, -0.15) is 5.10 Å². The minimum Gasteiger partial charge on any atom is -0.379 e. The highest BCUT2D eigenvalue weighted by Gasteiger charge is 2.37. The number of imidazole rings is 1. The highest BCUT2D eigenvalue weighted by molar-refractivity contribution is 5.93. The van der Waals surface area contributed by atoms with Crippen LogP contribution in [-0.4, -0.2) is 47.8 Å². The van der Waals surface area contributed by atoms with E-state index in [1.165, 1.54) is 0 Å². The minimum absolute atomic E-state index is 0.0189. The van der Waals surface area contributed by atoms with Crippen LogP contribution >= 0.6 is 0 Å². The number of nitrogens with one attached hydrogen (secondary N) is 1. The van der Waals surface area contributed by atoms with Crippen LogP contribution in [0.3, 0.4) is 0 Å². The van der Waals surface area contributed by atoms with E-state index in [2.05, 4.69) is 28.9 Å². The molecular formula is C17H31N5O3. The van der Waals surface area contributed by atoms with E-state index in [1.54, 1.807) is 6.20 Å². The van der Waals surface area contributed by atoms with Crippen LogP contribution in [0.25, 0.3) is 0 Å². The molecule has 1 aliphatic heterocycles. The molecule has 0 bridgehead atoms. The van der Waals surface area contributed by atoms with Crippen molar-refractivity contribution in [2.45, 2.75) is 64.3 Å². The molecule has 1 aromatic heterocycles. The van der Waals surface area contributed by atoms with Crippen molar-refractivity contribution in [1.82, 2.24) is 9.97 Å². The summed E-state index contributed by atoms with van der Waals surface area (Å²) in [5.41, 5.74) is 6.53. The highest BCUT2D eigenvalue weighted by Crippen LogP contribution is 2.34. The van der Waals surface area contributed by atoms with Gasteiger partial charge in [-0.15, -0.1) is 0 Å². The van der Waals surface area contributed by atoms with Gasteiger partial charge in [-0.3, -0.25) is 0 Å². The summed E-state index contributed by atoms with van der Waals surface area (Å²) < 4.78 is 18.0. The number of nitrogens with two attached hydrogens (primary N) is 2. The zero-order valence-electron chi connectivity index (χ0n) is 15.2. The van der Waals surface area contributed by atoms with E-state index in [0.717, 1.165) is 51.0 Å².